The first kappa shape index (κ1) is 18.6. The van der Waals surface area contributed by atoms with Gasteiger partial charge in [-0.2, -0.15) is 5.10 Å². The summed E-state index contributed by atoms with van der Waals surface area (Å²) in [5, 5.41) is 14.9. The first-order chi connectivity index (χ1) is 15.2. The molecule has 0 aliphatic rings. The third kappa shape index (κ3) is 3.74. The zero-order chi connectivity index (χ0) is 21.2. The molecule has 3 N–H and O–H groups in total. The zero-order valence-electron chi connectivity index (χ0n) is 16.6. The summed E-state index contributed by atoms with van der Waals surface area (Å²) in [5.41, 5.74) is 3.07. The molecule has 5 rings (SSSR count). The molecule has 152 valence electrons. The number of amides is 1. The molecular weight excluding hydrogens is 392 g/mol. The monoisotopic (exact) mass is 410 g/mol. The number of para-hydroxylation sites is 1. The number of rotatable bonds is 5. The van der Waals surface area contributed by atoms with Crippen LogP contribution in [0.5, 0.6) is 5.75 Å². The predicted octanol–water partition coefficient (Wildman–Crippen LogP) is 4.51. The lowest BCUT2D eigenvalue weighted by Gasteiger charge is -2.11. The molecule has 1 amide bonds. The van der Waals surface area contributed by atoms with Gasteiger partial charge in [-0.05, 0) is 54.6 Å². The van der Waals surface area contributed by atoms with E-state index in [1.165, 1.54) is 0 Å². The average molecular weight is 410 g/mol. The highest BCUT2D eigenvalue weighted by Gasteiger charge is 2.15. The van der Waals surface area contributed by atoms with E-state index in [2.05, 4.69) is 30.8 Å². The first-order valence-electron chi connectivity index (χ1n) is 9.62. The minimum atomic E-state index is -0.399. The van der Waals surface area contributed by atoms with E-state index in [0.717, 1.165) is 22.0 Å². The Morgan fingerprint density at radius 2 is 1.77 bits per heavy atom. The molecule has 5 aromatic rings. The van der Waals surface area contributed by atoms with Crippen molar-refractivity contribution in [2.45, 2.75) is 0 Å². The summed E-state index contributed by atoms with van der Waals surface area (Å²) in [5.74, 6) is 0.931. The van der Waals surface area contributed by atoms with Gasteiger partial charge < -0.3 is 15.4 Å². The van der Waals surface area contributed by atoms with Gasteiger partial charge in [0, 0.05) is 22.1 Å². The quantitative estimate of drug-likeness (QED) is 0.394. The number of anilines is 3. The van der Waals surface area contributed by atoms with Crippen LogP contribution in [0.15, 0.2) is 72.9 Å². The highest BCUT2D eigenvalue weighted by Crippen LogP contribution is 2.26. The summed E-state index contributed by atoms with van der Waals surface area (Å²) in [6.45, 7) is 0. The lowest BCUT2D eigenvalue weighted by Crippen LogP contribution is -2.16. The molecular formula is C23H18N6O2. The molecule has 0 bridgehead atoms. The number of methoxy groups -OCH3 is 1. The van der Waals surface area contributed by atoms with Crippen molar-refractivity contribution in [1.29, 1.82) is 0 Å². The van der Waals surface area contributed by atoms with E-state index in [-0.39, 0.29) is 5.82 Å². The average Bonchev–Trinajstić information content (AvgIpc) is 3.27. The fourth-order valence-electron chi connectivity index (χ4n) is 3.29. The van der Waals surface area contributed by atoms with Crippen molar-refractivity contribution in [2.24, 2.45) is 0 Å². The van der Waals surface area contributed by atoms with E-state index < -0.39 is 5.91 Å². The summed E-state index contributed by atoms with van der Waals surface area (Å²) < 4.78 is 5.15. The molecule has 3 aromatic carbocycles. The summed E-state index contributed by atoms with van der Waals surface area (Å²) >= 11 is 0. The van der Waals surface area contributed by atoms with Gasteiger partial charge in [0.15, 0.2) is 0 Å². The van der Waals surface area contributed by atoms with Crippen LogP contribution in [0, 0.1) is 0 Å². The van der Waals surface area contributed by atoms with Gasteiger partial charge in [-0.3, -0.25) is 9.89 Å². The predicted molar refractivity (Wildman–Crippen MR) is 120 cm³/mol. The Morgan fingerprint density at radius 1 is 0.968 bits per heavy atom. The molecule has 0 radical (unpaired) electrons. The molecule has 0 saturated heterocycles. The Kier molecular flexibility index (Phi) is 4.64. The van der Waals surface area contributed by atoms with Crippen molar-refractivity contribution < 1.29 is 9.53 Å². The van der Waals surface area contributed by atoms with Crippen LogP contribution in [0.2, 0.25) is 0 Å². The molecule has 8 nitrogen and oxygen atoms in total. The number of benzene rings is 3. The molecule has 2 aromatic heterocycles. The second-order valence-corrected chi connectivity index (χ2v) is 6.89. The minimum absolute atomic E-state index is 0.0707. The van der Waals surface area contributed by atoms with Gasteiger partial charge in [0.1, 0.15) is 11.6 Å². The molecule has 2 heterocycles. The van der Waals surface area contributed by atoms with Crippen LogP contribution in [0.4, 0.5) is 17.2 Å². The van der Waals surface area contributed by atoms with Crippen LogP contribution in [-0.2, 0) is 0 Å². The summed E-state index contributed by atoms with van der Waals surface area (Å²) in [6.07, 6.45) is 1.76. The maximum atomic E-state index is 12.8. The molecule has 31 heavy (non-hydrogen) atoms. The van der Waals surface area contributed by atoms with Gasteiger partial charge in [0.2, 0.25) is 5.82 Å². The van der Waals surface area contributed by atoms with Crippen LogP contribution in [0.1, 0.15) is 10.6 Å². The number of fused-ring (bicyclic) bond motifs is 2. The molecule has 0 atom stereocenters. The summed E-state index contributed by atoms with van der Waals surface area (Å²) in [7, 11) is 1.59. The number of hydrogen-bond acceptors (Lipinski definition) is 6. The number of hydrogen-bond donors (Lipinski definition) is 3. The van der Waals surface area contributed by atoms with Crippen LogP contribution in [-0.4, -0.2) is 33.2 Å². The fraction of sp³-hybridized carbons (Fsp3) is 0.0435. The Morgan fingerprint density at radius 3 is 2.61 bits per heavy atom. The van der Waals surface area contributed by atoms with Crippen molar-refractivity contribution in [2.75, 3.05) is 17.7 Å². The SMILES string of the molecule is COc1ccc(NC(=O)c2nc(Nc3ccc4[nH]ncc4c3)c3ccccc3n2)cc1. The number of ether oxygens (including phenoxy) is 1. The van der Waals surface area contributed by atoms with Crippen molar-refractivity contribution in [3.05, 3.63) is 78.8 Å². The van der Waals surface area contributed by atoms with Gasteiger partial charge >= 0.3 is 0 Å². The first-order valence-corrected chi connectivity index (χ1v) is 9.62. The highest BCUT2D eigenvalue weighted by atomic mass is 16.5. The number of carbonyl (C=O) groups is 1. The number of nitrogens with zero attached hydrogens (tertiary/aromatic N) is 3. The van der Waals surface area contributed by atoms with Crippen molar-refractivity contribution in [1.82, 2.24) is 20.2 Å². The molecule has 0 fully saturated rings. The molecule has 0 unspecified atom stereocenters. The molecule has 0 saturated carbocycles. The van der Waals surface area contributed by atoms with Gasteiger partial charge in [-0.15, -0.1) is 0 Å². The largest absolute Gasteiger partial charge is 0.497 e. The molecule has 0 aliphatic heterocycles. The summed E-state index contributed by atoms with van der Waals surface area (Å²) in [4.78, 5) is 21.8. The number of aromatic amines is 1. The van der Waals surface area contributed by atoms with Crippen LogP contribution in [0.25, 0.3) is 21.8 Å². The standard InChI is InChI=1S/C23H18N6O2/c1-31-17-9-6-15(7-10-17)26-23(30)22-27-20-5-3-2-4-18(20)21(28-22)25-16-8-11-19-14(12-16)13-24-29-19/h2-13H,1H3,(H,24,29)(H,26,30)(H,25,27,28). The second-order valence-electron chi connectivity index (χ2n) is 6.89. The maximum Gasteiger partial charge on any atom is 0.293 e. The van der Waals surface area contributed by atoms with Crippen molar-refractivity contribution in [3.8, 4) is 5.75 Å². The molecule has 8 heteroatoms. The Balaban J connectivity index is 1.49. The number of aromatic nitrogens is 4. The van der Waals surface area contributed by atoms with E-state index in [9.17, 15) is 4.79 Å². The van der Waals surface area contributed by atoms with Gasteiger partial charge in [-0.1, -0.05) is 12.1 Å². The molecule has 0 spiro atoms. The summed E-state index contributed by atoms with van der Waals surface area (Å²) in [6, 6.07) is 20.5. The van der Waals surface area contributed by atoms with Crippen LogP contribution in [0.3, 0.4) is 0 Å². The van der Waals surface area contributed by atoms with E-state index in [1.807, 2.05) is 42.5 Å². The van der Waals surface area contributed by atoms with E-state index in [4.69, 9.17) is 4.74 Å². The minimum Gasteiger partial charge on any atom is -0.497 e. The molecule has 0 aliphatic carbocycles. The smallest absolute Gasteiger partial charge is 0.293 e. The lowest BCUT2D eigenvalue weighted by molar-refractivity contribution is 0.101. The Hall–Kier alpha value is -4.46. The van der Waals surface area contributed by atoms with Crippen LogP contribution >= 0.6 is 0 Å². The number of carbonyl (C=O) groups excluding carboxylic acids is 1. The third-order valence-corrected chi connectivity index (χ3v) is 4.86. The van der Waals surface area contributed by atoms with E-state index in [1.54, 1.807) is 37.6 Å². The van der Waals surface area contributed by atoms with Crippen LogP contribution < -0.4 is 15.4 Å². The maximum absolute atomic E-state index is 12.8. The fourth-order valence-corrected chi connectivity index (χ4v) is 3.29. The number of H-pyrrole nitrogens is 1. The normalized spacial score (nSPS) is 10.9. The van der Waals surface area contributed by atoms with Crippen molar-refractivity contribution in [3.63, 3.8) is 0 Å². The van der Waals surface area contributed by atoms with Gasteiger partial charge in [0.25, 0.3) is 5.91 Å². The Bertz CT molecular complexity index is 1390. The van der Waals surface area contributed by atoms with Gasteiger partial charge in [-0.25, -0.2) is 9.97 Å². The van der Waals surface area contributed by atoms with E-state index >= 15 is 0 Å². The topological polar surface area (TPSA) is 105 Å². The van der Waals surface area contributed by atoms with Crippen molar-refractivity contribution >= 4 is 44.9 Å². The number of nitrogens with one attached hydrogen (secondary N) is 3. The van der Waals surface area contributed by atoms with Gasteiger partial charge in [0.05, 0.1) is 24.3 Å². The Labute approximate surface area is 177 Å². The lowest BCUT2D eigenvalue weighted by atomic mass is 10.2. The van der Waals surface area contributed by atoms with E-state index in [0.29, 0.717) is 22.8 Å². The second kappa shape index (κ2) is 7.75. The third-order valence-electron chi connectivity index (χ3n) is 4.86. The zero-order valence-corrected chi connectivity index (χ0v) is 16.6. The highest BCUT2D eigenvalue weighted by molar-refractivity contribution is 6.04.